The summed E-state index contributed by atoms with van der Waals surface area (Å²) in [6.07, 6.45) is 0. The van der Waals surface area contributed by atoms with Crippen LogP contribution >= 0.6 is 0 Å². The average Bonchev–Trinajstić information content (AvgIpc) is 2.78. The number of aromatic nitrogens is 1. The SMILES string of the molecule is Cc1cccc(C)c1NC(=O)Cn1c(=O)cc(C(=O)N2CCOCC2)c2ccccc21. The Bertz CT molecular complexity index is 1190. The standard InChI is InChI=1S/C24H25N3O4/c1-16-6-5-7-17(2)23(16)25-21(28)15-27-20-9-4-3-8-18(20)19(14-22(27)29)24(30)26-10-12-31-13-11-26/h3-9,14H,10-13,15H2,1-2H3,(H,25,28). The molecule has 2 amide bonds. The minimum atomic E-state index is -0.382. The zero-order chi connectivity index (χ0) is 22.0. The van der Waals surface area contributed by atoms with Crippen molar-refractivity contribution in [2.45, 2.75) is 20.4 Å². The molecule has 1 aliphatic rings. The maximum Gasteiger partial charge on any atom is 0.254 e. The van der Waals surface area contributed by atoms with Gasteiger partial charge in [-0.3, -0.25) is 19.0 Å². The van der Waals surface area contributed by atoms with Gasteiger partial charge in [-0.05, 0) is 31.0 Å². The van der Waals surface area contributed by atoms with E-state index in [9.17, 15) is 14.4 Å². The van der Waals surface area contributed by atoms with Gasteiger partial charge in [0.1, 0.15) is 6.54 Å². The summed E-state index contributed by atoms with van der Waals surface area (Å²) < 4.78 is 6.73. The maximum atomic E-state index is 13.1. The highest BCUT2D eigenvalue weighted by molar-refractivity contribution is 6.06. The molecule has 0 spiro atoms. The molecule has 31 heavy (non-hydrogen) atoms. The van der Waals surface area contributed by atoms with Crippen LogP contribution in [0.5, 0.6) is 0 Å². The van der Waals surface area contributed by atoms with Crippen LogP contribution in [0.4, 0.5) is 5.69 Å². The predicted octanol–water partition coefficient (Wildman–Crippen LogP) is 2.73. The summed E-state index contributed by atoms with van der Waals surface area (Å²) in [5.41, 5.74) is 3.20. The summed E-state index contributed by atoms with van der Waals surface area (Å²) in [5.74, 6) is -0.486. The number of carbonyl (C=O) groups excluding carboxylic acids is 2. The third-order valence-corrected chi connectivity index (χ3v) is 5.59. The minimum Gasteiger partial charge on any atom is -0.378 e. The fourth-order valence-electron chi connectivity index (χ4n) is 3.95. The van der Waals surface area contributed by atoms with E-state index in [1.807, 2.05) is 44.2 Å². The molecular formula is C24H25N3O4. The van der Waals surface area contributed by atoms with Crippen LogP contribution in [0.25, 0.3) is 10.9 Å². The van der Waals surface area contributed by atoms with Crippen LogP contribution in [-0.2, 0) is 16.1 Å². The van der Waals surface area contributed by atoms with E-state index in [1.165, 1.54) is 10.6 Å². The van der Waals surface area contributed by atoms with Crippen LogP contribution in [0.3, 0.4) is 0 Å². The first-order valence-electron chi connectivity index (χ1n) is 10.3. The summed E-state index contributed by atoms with van der Waals surface area (Å²) in [4.78, 5) is 40.5. The van der Waals surface area contributed by atoms with Gasteiger partial charge in [-0.25, -0.2) is 0 Å². The van der Waals surface area contributed by atoms with Gasteiger partial charge in [-0.1, -0.05) is 36.4 Å². The number of hydrogen-bond donors (Lipinski definition) is 1. The highest BCUT2D eigenvalue weighted by Gasteiger charge is 2.22. The van der Waals surface area contributed by atoms with Crippen LogP contribution in [0.2, 0.25) is 0 Å². The number of aryl methyl sites for hydroxylation is 2. The Kier molecular flexibility index (Phi) is 5.86. The van der Waals surface area contributed by atoms with E-state index in [-0.39, 0.29) is 23.9 Å². The van der Waals surface area contributed by atoms with E-state index in [0.29, 0.717) is 42.8 Å². The van der Waals surface area contributed by atoms with E-state index in [2.05, 4.69) is 5.32 Å². The number of pyridine rings is 1. The third kappa shape index (κ3) is 4.22. The molecule has 160 valence electrons. The number of rotatable bonds is 4. The Morgan fingerprint density at radius 2 is 1.68 bits per heavy atom. The van der Waals surface area contributed by atoms with Crippen molar-refractivity contribution in [3.8, 4) is 0 Å². The van der Waals surface area contributed by atoms with Gasteiger partial charge >= 0.3 is 0 Å². The summed E-state index contributed by atoms with van der Waals surface area (Å²) in [6.45, 7) is 5.67. The lowest BCUT2D eigenvalue weighted by molar-refractivity contribution is -0.116. The summed E-state index contributed by atoms with van der Waals surface area (Å²) in [7, 11) is 0. The van der Waals surface area contributed by atoms with Crippen molar-refractivity contribution in [3.63, 3.8) is 0 Å². The molecule has 0 saturated carbocycles. The summed E-state index contributed by atoms with van der Waals surface area (Å²) in [6, 6.07) is 14.3. The van der Waals surface area contributed by atoms with E-state index in [0.717, 1.165) is 16.8 Å². The van der Waals surface area contributed by atoms with E-state index in [4.69, 9.17) is 4.74 Å². The predicted molar refractivity (Wildman–Crippen MR) is 119 cm³/mol. The van der Waals surface area contributed by atoms with Crippen molar-refractivity contribution in [2.24, 2.45) is 0 Å². The fourth-order valence-corrected chi connectivity index (χ4v) is 3.95. The van der Waals surface area contributed by atoms with Gasteiger partial charge in [0.2, 0.25) is 5.91 Å². The van der Waals surface area contributed by atoms with E-state index >= 15 is 0 Å². The quantitative estimate of drug-likeness (QED) is 0.705. The normalized spacial score (nSPS) is 13.9. The van der Waals surface area contributed by atoms with Gasteiger partial charge in [0.15, 0.2) is 0 Å². The second-order valence-corrected chi connectivity index (χ2v) is 7.72. The lowest BCUT2D eigenvalue weighted by Crippen LogP contribution is -2.41. The number of benzene rings is 2. The molecule has 1 fully saturated rings. The van der Waals surface area contributed by atoms with Crippen molar-refractivity contribution in [2.75, 3.05) is 31.6 Å². The molecule has 0 bridgehead atoms. The second kappa shape index (κ2) is 8.73. The summed E-state index contributed by atoms with van der Waals surface area (Å²) in [5, 5.41) is 3.57. The van der Waals surface area contributed by atoms with Crippen molar-refractivity contribution in [3.05, 3.63) is 75.6 Å². The molecule has 1 aromatic heterocycles. The van der Waals surface area contributed by atoms with Crippen molar-refractivity contribution < 1.29 is 14.3 Å². The van der Waals surface area contributed by atoms with Crippen LogP contribution < -0.4 is 10.9 Å². The molecule has 1 saturated heterocycles. The number of hydrogen-bond acceptors (Lipinski definition) is 4. The highest BCUT2D eigenvalue weighted by atomic mass is 16.5. The fraction of sp³-hybridized carbons (Fsp3) is 0.292. The second-order valence-electron chi connectivity index (χ2n) is 7.72. The Morgan fingerprint density at radius 3 is 2.39 bits per heavy atom. The first kappa shape index (κ1) is 20.8. The molecule has 1 N–H and O–H groups in total. The number of nitrogens with one attached hydrogen (secondary N) is 1. The molecule has 0 unspecified atom stereocenters. The number of fused-ring (bicyclic) bond motifs is 1. The van der Waals surface area contributed by atoms with Crippen molar-refractivity contribution in [1.29, 1.82) is 0 Å². The Morgan fingerprint density at radius 1 is 1.00 bits per heavy atom. The Labute approximate surface area is 180 Å². The zero-order valence-corrected chi connectivity index (χ0v) is 17.7. The first-order chi connectivity index (χ1) is 15.0. The van der Waals surface area contributed by atoms with Crippen LogP contribution in [0.1, 0.15) is 21.5 Å². The molecule has 2 heterocycles. The minimum absolute atomic E-state index is 0.140. The van der Waals surface area contributed by atoms with Crippen LogP contribution in [0, 0.1) is 13.8 Å². The molecular weight excluding hydrogens is 394 g/mol. The van der Waals surface area contributed by atoms with Gasteiger partial charge in [0.25, 0.3) is 11.5 Å². The number of nitrogens with zero attached hydrogens (tertiary/aromatic N) is 2. The maximum absolute atomic E-state index is 13.1. The topological polar surface area (TPSA) is 80.6 Å². The van der Waals surface area contributed by atoms with E-state index < -0.39 is 0 Å². The average molecular weight is 419 g/mol. The van der Waals surface area contributed by atoms with Gasteiger partial charge in [-0.2, -0.15) is 0 Å². The number of morpholine rings is 1. The van der Waals surface area contributed by atoms with Crippen LogP contribution in [0.15, 0.2) is 53.3 Å². The smallest absolute Gasteiger partial charge is 0.254 e. The van der Waals surface area contributed by atoms with Crippen molar-refractivity contribution in [1.82, 2.24) is 9.47 Å². The number of para-hydroxylation sites is 2. The van der Waals surface area contributed by atoms with Crippen molar-refractivity contribution >= 4 is 28.4 Å². The van der Waals surface area contributed by atoms with Gasteiger partial charge in [0.05, 0.1) is 24.3 Å². The highest BCUT2D eigenvalue weighted by Crippen LogP contribution is 2.21. The monoisotopic (exact) mass is 419 g/mol. The first-order valence-corrected chi connectivity index (χ1v) is 10.3. The number of ether oxygens (including phenoxy) is 1. The van der Waals surface area contributed by atoms with Gasteiger partial charge in [-0.15, -0.1) is 0 Å². The van der Waals surface area contributed by atoms with Gasteiger partial charge < -0.3 is 15.0 Å². The molecule has 2 aromatic carbocycles. The lowest BCUT2D eigenvalue weighted by Gasteiger charge is -2.27. The number of amides is 2. The molecule has 4 rings (SSSR count). The lowest BCUT2D eigenvalue weighted by atomic mass is 10.1. The Hall–Kier alpha value is -3.45. The molecule has 7 heteroatoms. The molecule has 7 nitrogen and oxygen atoms in total. The largest absolute Gasteiger partial charge is 0.378 e. The molecule has 1 aliphatic heterocycles. The molecule has 3 aromatic rings. The Balaban J connectivity index is 1.68. The van der Waals surface area contributed by atoms with Crippen LogP contribution in [-0.4, -0.2) is 47.6 Å². The molecule has 0 radical (unpaired) electrons. The van der Waals surface area contributed by atoms with Gasteiger partial charge in [0, 0.05) is 30.2 Å². The summed E-state index contributed by atoms with van der Waals surface area (Å²) >= 11 is 0. The van der Waals surface area contributed by atoms with E-state index in [1.54, 1.807) is 17.0 Å². The molecule has 0 atom stereocenters. The molecule has 0 aliphatic carbocycles. The third-order valence-electron chi connectivity index (χ3n) is 5.59. The number of carbonyl (C=O) groups is 2. The zero-order valence-electron chi connectivity index (χ0n) is 17.7. The number of anilines is 1.